The molecule has 0 unspecified atom stereocenters. The lowest BCUT2D eigenvalue weighted by Gasteiger charge is -2.05. The van der Waals surface area contributed by atoms with Crippen LogP contribution in [0.5, 0.6) is 0 Å². The zero-order valence-electron chi connectivity index (χ0n) is 10.6. The standard InChI is InChI=1S/C13H10Br2N4OS/c14-11-5-9(20-12(11)15)6-16-8-1-3-10(4-2-8)21-13-17-7-18-19-13/h1-5,7,16H,6H2,(H,17,18,19). The van der Waals surface area contributed by atoms with Crippen LogP contribution in [-0.2, 0) is 6.54 Å². The summed E-state index contributed by atoms with van der Waals surface area (Å²) in [6.07, 6.45) is 1.50. The lowest BCUT2D eigenvalue weighted by molar-refractivity contribution is 0.494. The van der Waals surface area contributed by atoms with Crippen LogP contribution in [0.15, 0.2) is 60.3 Å². The number of nitrogens with one attached hydrogen (secondary N) is 2. The summed E-state index contributed by atoms with van der Waals surface area (Å²) in [5.74, 6) is 0.855. The number of halogens is 2. The van der Waals surface area contributed by atoms with Crippen LogP contribution in [0.2, 0.25) is 0 Å². The summed E-state index contributed by atoms with van der Waals surface area (Å²) in [6.45, 7) is 0.624. The van der Waals surface area contributed by atoms with E-state index in [9.17, 15) is 0 Å². The van der Waals surface area contributed by atoms with E-state index in [1.54, 1.807) is 0 Å². The second-order valence-corrected chi connectivity index (χ2v) is 6.74. The van der Waals surface area contributed by atoms with Crippen LogP contribution < -0.4 is 5.32 Å². The van der Waals surface area contributed by atoms with Gasteiger partial charge in [-0.1, -0.05) is 11.8 Å². The molecule has 8 heteroatoms. The van der Waals surface area contributed by atoms with Crippen molar-refractivity contribution in [2.75, 3.05) is 5.32 Å². The second-order valence-electron chi connectivity index (χ2n) is 4.10. The van der Waals surface area contributed by atoms with Crippen LogP contribution in [0.1, 0.15) is 5.76 Å². The number of aromatic amines is 1. The van der Waals surface area contributed by atoms with Crippen LogP contribution in [-0.4, -0.2) is 15.2 Å². The maximum atomic E-state index is 5.51. The van der Waals surface area contributed by atoms with Gasteiger partial charge in [-0.15, -0.1) is 0 Å². The Labute approximate surface area is 142 Å². The van der Waals surface area contributed by atoms with Crippen molar-refractivity contribution in [3.05, 3.63) is 51.6 Å². The molecule has 0 aliphatic rings. The minimum Gasteiger partial charge on any atom is -0.451 e. The third-order valence-electron chi connectivity index (χ3n) is 2.62. The molecule has 0 spiro atoms. The molecule has 0 amide bonds. The predicted octanol–water partition coefficient (Wildman–Crippen LogP) is 4.69. The Hall–Kier alpha value is -1.25. The lowest BCUT2D eigenvalue weighted by atomic mass is 10.3. The highest BCUT2D eigenvalue weighted by Crippen LogP contribution is 2.28. The number of rotatable bonds is 5. The van der Waals surface area contributed by atoms with Crippen LogP contribution in [0, 0.1) is 0 Å². The topological polar surface area (TPSA) is 66.7 Å². The van der Waals surface area contributed by atoms with E-state index in [0.717, 1.165) is 26.0 Å². The maximum Gasteiger partial charge on any atom is 0.188 e. The summed E-state index contributed by atoms with van der Waals surface area (Å²) < 4.78 is 7.14. The van der Waals surface area contributed by atoms with Gasteiger partial charge in [-0.05, 0) is 62.2 Å². The van der Waals surface area contributed by atoms with Crippen molar-refractivity contribution in [1.29, 1.82) is 0 Å². The first kappa shape index (κ1) is 14.7. The van der Waals surface area contributed by atoms with Gasteiger partial charge in [0.15, 0.2) is 9.83 Å². The summed E-state index contributed by atoms with van der Waals surface area (Å²) in [6, 6.07) is 10.0. The molecule has 2 aromatic heterocycles. The van der Waals surface area contributed by atoms with Crippen LogP contribution >= 0.6 is 43.6 Å². The van der Waals surface area contributed by atoms with E-state index in [0.29, 0.717) is 11.2 Å². The van der Waals surface area contributed by atoms with Crippen molar-refractivity contribution in [2.45, 2.75) is 16.6 Å². The summed E-state index contributed by atoms with van der Waals surface area (Å²) >= 11 is 8.25. The van der Waals surface area contributed by atoms with Gasteiger partial charge >= 0.3 is 0 Å². The number of furan rings is 1. The molecule has 0 aliphatic heterocycles. The van der Waals surface area contributed by atoms with Crippen molar-refractivity contribution >= 4 is 49.3 Å². The molecule has 0 radical (unpaired) electrons. The Morgan fingerprint density at radius 1 is 1.24 bits per heavy atom. The zero-order valence-corrected chi connectivity index (χ0v) is 14.6. The molecule has 5 nitrogen and oxygen atoms in total. The average Bonchev–Trinajstić information content (AvgIpc) is 3.09. The highest BCUT2D eigenvalue weighted by atomic mass is 79.9. The van der Waals surface area contributed by atoms with Gasteiger partial charge in [0.25, 0.3) is 0 Å². The van der Waals surface area contributed by atoms with Crippen LogP contribution in [0.25, 0.3) is 0 Å². The van der Waals surface area contributed by atoms with E-state index in [4.69, 9.17) is 4.42 Å². The van der Waals surface area contributed by atoms with Crippen molar-refractivity contribution in [3.8, 4) is 0 Å². The van der Waals surface area contributed by atoms with Gasteiger partial charge in [0, 0.05) is 10.6 Å². The van der Waals surface area contributed by atoms with Gasteiger partial charge in [-0.3, -0.25) is 5.10 Å². The summed E-state index contributed by atoms with van der Waals surface area (Å²) in [5.41, 5.74) is 1.03. The smallest absolute Gasteiger partial charge is 0.188 e. The van der Waals surface area contributed by atoms with Gasteiger partial charge < -0.3 is 9.73 Å². The zero-order chi connectivity index (χ0) is 14.7. The summed E-state index contributed by atoms with van der Waals surface area (Å²) in [7, 11) is 0. The normalized spacial score (nSPS) is 10.8. The van der Waals surface area contributed by atoms with Gasteiger partial charge in [-0.2, -0.15) is 5.10 Å². The molecule has 0 bridgehead atoms. The van der Waals surface area contributed by atoms with Crippen LogP contribution in [0.3, 0.4) is 0 Å². The van der Waals surface area contributed by atoms with Gasteiger partial charge in [-0.25, -0.2) is 4.98 Å². The third-order valence-corrected chi connectivity index (χ3v) is 5.23. The number of nitrogens with zero attached hydrogens (tertiary/aromatic N) is 2. The van der Waals surface area contributed by atoms with Gasteiger partial charge in [0.2, 0.25) is 0 Å². The van der Waals surface area contributed by atoms with Crippen molar-refractivity contribution in [3.63, 3.8) is 0 Å². The molecule has 0 saturated heterocycles. The molecule has 21 heavy (non-hydrogen) atoms. The Morgan fingerprint density at radius 2 is 2.05 bits per heavy atom. The fourth-order valence-corrected chi connectivity index (χ4v) is 3.02. The summed E-state index contributed by atoms with van der Waals surface area (Å²) in [4.78, 5) is 5.18. The Kier molecular flexibility index (Phi) is 4.67. The van der Waals surface area contributed by atoms with Crippen LogP contribution in [0.4, 0.5) is 5.69 Å². The Morgan fingerprint density at radius 3 is 2.67 bits per heavy atom. The molecule has 0 atom stereocenters. The molecule has 2 heterocycles. The van der Waals surface area contributed by atoms with Crippen molar-refractivity contribution in [1.82, 2.24) is 15.2 Å². The highest BCUT2D eigenvalue weighted by Gasteiger charge is 2.06. The van der Waals surface area contributed by atoms with Crippen molar-refractivity contribution < 1.29 is 4.42 Å². The molecule has 2 N–H and O–H groups in total. The largest absolute Gasteiger partial charge is 0.451 e. The molecular weight excluding hydrogens is 420 g/mol. The molecule has 0 saturated carbocycles. The second kappa shape index (κ2) is 6.67. The molecular formula is C13H10Br2N4OS. The van der Waals surface area contributed by atoms with E-state index in [2.05, 4.69) is 52.4 Å². The van der Waals surface area contributed by atoms with E-state index < -0.39 is 0 Å². The molecule has 108 valence electrons. The fraction of sp³-hybridized carbons (Fsp3) is 0.0769. The number of aromatic nitrogens is 3. The Balaban J connectivity index is 1.59. The first-order valence-corrected chi connectivity index (χ1v) is 8.42. The quantitative estimate of drug-likeness (QED) is 0.615. The maximum absolute atomic E-state index is 5.51. The fourth-order valence-electron chi connectivity index (χ4n) is 1.66. The third kappa shape index (κ3) is 3.90. The first-order valence-electron chi connectivity index (χ1n) is 6.01. The number of hydrogen-bond donors (Lipinski definition) is 2. The molecule has 3 aromatic rings. The highest BCUT2D eigenvalue weighted by molar-refractivity contribution is 9.13. The number of H-pyrrole nitrogens is 1. The molecule has 0 fully saturated rings. The minimum absolute atomic E-state index is 0.624. The van der Waals surface area contributed by atoms with Crippen molar-refractivity contribution in [2.24, 2.45) is 0 Å². The number of benzene rings is 1. The average molecular weight is 430 g/mol. The SMILES string of the molecule is Brc1cc(CNc2ccc(Sc3ncn[nH]3)cc2)oc1Br. The monoisotopic (exact) mass is 428 g/mol. The van der Waals surface area contributed by atoms with E-state index in [1.807, 2.05) is 30.3 Å². The first-order chi connectivity index (χ1) is 10.2. The van der Waals surface area contributed by atoms with E-state index >= 15 is 0 Å². The predicted molar refractivity (Wildman–Crippen MR) is 88.4 cm³/mol. The minimum atomic E-state index is 0.624. The molecule has 0 aliphatic carbocycles. The number of anilines is 1. The van der Waals surface area contributed by atoms with Gasteiger partial charge in [0.05, 0.1) is 11.0 Å². The van der Waals surface area contributed by atoms with Gasteiger partial charge in [0.1, 0.15) is 12.1 Å². The van der Waals surface area contributed by atoms with E-state index in [-0.39, 0.29) is 0 Å². The summed E-state index contributed by atoms with van der Waals surface area (Å²) in [5, 5.41) is 10.7. The lowest BCUT2D eigenvalue weighted by Crippen LogP contribution is -1.97. The number of hydrogen-bond acceptors (Lipinski definition) is 5. The van der Waals surface area contributed by atoms with E-state index in [1.165, 1.54) is 18.1 Å². The molecule has 1 aromatic carbocycles. The Bertz CT molecular complexity index is 693. The molecule has 3 rings (SSSR count).